The molecule has 15 heavy (non-hydrogen) atoms. The molecule has 0 saturated carbocycles. The minimum Gasteiger partial charge on any atom is -0.548 e. The van der Waals surface area contributed by atoms with Gasteiger partial charge < -0.3 is 14.8 Å². The number of carbonyl (C=O) groups is 2. The number of carbonyl (C=O) groups excluding carboxylic acids is 2. The maximum atomic E-state index is 11.6. The van der Waals surface area contributed by atoms with Crippen LogP contribution in [-0.2, 0) is 9.59 Å². The van der Waals surface area contributed by atoms with Crippen LogP contribution in [0.25, 0.3) is 0 Å². The Balaban J connectivity index is 2.63. The van der Waals surface area contributed by atoms with Gasteiger partial charge in [0.25, 0.3) is 0 Å². The van der Waals surface area contributed by atoms with Crippen molar-refractivity contribution in [3.05, 3.63) is 0 Å². The Morgan fingerprint density at radius 3 is 2.73 bits per heavy atom. The topological polar surface area (TPSA) is 60.4 Å². The van der Waals surface area contributed by atoms with Crippen molar-refractivity contribution in [3.63, 3.8) is 0 Å². The number of carboxylic acid groups (broad SMARTS) is 1. The van der Waals surface area contributed by atoms with Crippen molar-refractivity contribution < 1.29 is 14.7 Å². The molecule has 86 valence electrons. The van der Waals surface area contributed by atoms with Crippen LogP contribution < -0.4 is 5.11 Å². The Morgan fingerprint density at radius 2 is 2.27 bits per heavy atom. The molecule has 0 spiro atoms. The minimum absolute atomic E-state index is 0.0375. The van der Waals surface area contributed by atoms with E-state index in [1.54, 1.807) is 6.92 Å². The fraction of sp³-hybridized carbons (Fsp3) is 0.818. The lowest BCUT2D eigenvalue weighted by molar-refractivity contribution is -0.311. The van der Waals surface area contributed by atoms with Gasteiger partial charge in [-0.1, -0.05) is 20.3 Å². The van der Waals surface area contributed by atoms with Crippen molar-refractivity contribution in [1.29, 1.82) is 0 Å². The van der Waals surface area contributed by atoms with Crippen LogP contribution in [0.5, 0.6) is 0 Å². The summed E-state index contributed by atoms with van der Waals surface area (Å²) in [6, 6.07) is -0.737. The summed E-state index contributed by atoms with van der Waals surface area (Å²) in [6.07, 6.45) is 2.95. The quantitative estimate of drug-likeness (QED) is 0.652. The van der Waals surface area contributed by atoms with Gasteiger partial charge in [0.05, 0.1) is 12.0 Å². The summed E-state index contributed by atoms with van der Waals surface area (Å²) in [5, 5.41) is 10.8. The molecule has 1 aliphatic heterocycles. The molecule has 2 atom stereocenters. The first-order chi connectivity index (χ1) is 7.10. The average Bonchev–Trinajstić information content (AvgIpc) is 2.49. The van der Waals surface area contributed by atoms with Gasteiger partial charge in [-0.2, -0.15) is 0 Å². The van der Waals surface area contributed by atoms with Crippen molar-refractivity contribution in [2.45, 2.75) is 45.6 Å². The van der Waals surface area contributed by atoms with E-state index in [1.807, 2.05) is 0 Å². The third-order valence-electron chi connectivity index (χ3n) is 2.97. The monoisotopic (exact) mass is 212 g/mol. The Labute approximate surface area is 90.3 Å². The minimum atomic E-state index is -1.14. The van der Waals surface area contributed by atoms with E-state index in [-0.39, 0.29) is 5.91 Å². The van der Waals surface area contributed by atoms with E-state index >= 15 is 0 Å². The van der Waals surface area contributed by atoms with E-state index in [9.17, 15) is 14.7 Å². The normalized spacial score (nSPS) is 23.2. The van der Waals surface area contributed by atoms with Crippen molar-refractivity contribution in [2.75, 3.05) is 6.54 Å². The molecular weight excluding hydrogens is 194 g/mol. The number of hydrogen-bond donors (Lipinski definition) is 0. The third-order valence-corrected chi connectivity index (χ3v) is 2.97. The van der Waals surface area contributed by atoms with Crippen LogP contribution in [0.15, 0.2) is 0 Å². The Hall–Kier alpha value is -1.06. The number of carboxylic acids is 1. The van der Waals surface area contributed by atoms with Crippen molar-refractivity contribution in [2.24, 2.45) is 5.92 Å². The van der Waals surface area contributed by atoms with Crippen LogP contribution in [0.2, 0.25) is 0 Å². The molecule has 1 fully saturated rings. The van der Waals surface area contributed by atoms with Gasteiger partial charge in [0.1, 0.15) is 0 Å². The molecule has 1 heterocycles. The highest BCUT2D eigenvalue weighted by Crippen LogP contribution is 2.24. The second-order valence-corrected chi connectivity index (χ2v) is 4.15. The molecule has 1 rings (SSSR count). The molecule has 0 bridgehead atoms. The summed E-state index contributed by atoms with van der Waals surface area (Å²) < 4.78 is 0. The number of hydrogen-bond acceptors (Lipinski definition) is 3. The Kier molecular flexibility index (Phi) is 4.12. The van der Waals surface area contributed by atoms with Gasteiger partial charge in [-0.15, -0.1) is 0 Å². The summed E-state index contributed by atoms with van der Waals surface area (Å²) in [7, 11) is 0. The van der Waals surface area contributed by atoms with Gasteiger partial charge in [-0.25, -0.2) is 0 Å². The van der Waals surface area contributed by atoms with E-state index in [1.165, 1.54) is 4.90 Å². The molecule has 0 radical (unpaired) electrons. The SMILES string of the molecule is CCC[C@@H]1CC(=O)N([C@@H](CC)C(=O)[O-])C1. The predicted molar refractivity (Wildman–Crippen MR) is 53.8 cm³/mol. The molecule has 1 saturated heterocycles. The van der Waals surface area contributed by atoms with Crippen LogP contribution in [0, 0.1) is 5.92 Å². The standard InChI is InChI=1S/C11H19NO3/c1-3-5-8-6-10(13)12(7-8)9(4-2)11(14)15/h8-9H,3-7H2,1-2H3,(H,14,15)/p-1/t8-,9+/m1/s1. The zero-order valence-electron chi connectivity index (χ0n) is 9.36. The highest BCUT2D eigenvalue weighted by molar-refractivity contribution is 5.84. The summed E-state index contributed by atoms with van der Waals surface area (Å²) in [5.41, 5.74) is 0. The first-order valence-corrected chi connectivity index (χ1v) is 5.60. The first kappa shape index (κ1) is 12.0. The van der Waals surface area contributed by atoms with Crippen molar-refractivity contribution >= 4 is 11.9 Å². The van der Waals surface area contributed by atoms with E-state index in [0.717, 1.165) is 12.8 Å². The lowest BCUT2D eigenvalue weighted by Gasteiger charge is -2.27. The molecule has 0 N–H and O–H groups in total. The number of amides is 1. The smallest absolute Gasteiger partial charge is 0.223 e. The summed E-state index contributed by atoms with van der Waals surface area (Å²) in [4.78, 5) is 23.9. The highest BCUT2D eigenvalue weighted by Gasteiger charge is 2.33. The number of aliphatic carboxylic acids is 1. The predicted octanol–water partition coefficient (Wildman–Crippen LogP) is 0.163. The van der Waals surface area contributed by atoms with Crippen LogP contribution in [0.3, 0.4) is 0 Å². The number of nitrogens with zero attached hydrogens (tertiary/aromatic N) is 1. The average molecular weight is 212 g/mol. The highest BCUT2D eigenvalue weighted by atomic mass is 16.4. The molecule has 4 nitrogen and oxygen atoms in total. The van der Waals surface area contributed by atoms with Gasteiger partial charge >= 0.3 is 0 Å². The molecule has 0 aromatic carbocycles. The van der Waals surface area contributed by atoms with Gasteiger partial charge in [-0.05, 0) is 18.8 Å². The molecule has 0 unspecified atom stereocenters. The second kappa shape index (κ2) is 5.14. The molecule has 1 amide bonds. The molecule has 1 aliphatic rings. The zero-order valence-corrected chi connectivity index (χ0v) is 9.36. The van der Waals surface area contributed by atoms with E-state index in [2.05, 4.69) is 6.92 Å². The summed E-state index contributed by atoms with van der Waals surface area (Å²) in [6.45, 7) is 4.42. The third kappa shape index (κ3) is 2.70. The largest absolute Gasteiger partial charge is 0.548 e. The Bertz CT molecular complexity index is 252. The molecule has 0 aliphatic carbocycles. The van der Waals surface area contributed by atoms with Gasteiger partial charge in [0, 0.05) is 13.0 Å². The van der Waals surface area contributed by atoms with Crippen LogP contribution in [0.1, 0.15) is 39.5 Å². The first-order valence-electron chi connectivity index (χ1n) is 5.60. The summed E-state index contributed by atoms with van der Waals surface area (Å²) >= 11 is 0. The van der Waals surface area contributed by atoms with Crippen molar-refractivity contribution in [1.82, 2.24) is 4.90 Å². The maximum absolute atomic E-state index is 11.6. The molecule has 4 heteroatoms. The number of rotatable bonds is 5. The fourth-order valence-corrected chi connectivity index (χ4v) is 2.23. The van der Waals surface area contributed by atoms with Crippen molar-refractivity contribution in [3.8, 4) is 0 Å². The summed E-state index contributed by atoms with van der Waals surface area (Å²) in [5.74, 6) is -0.844. The van der Waals surface area contributed by atoms with E-state index < -0.39 is 12.0 Å². The lowest BCUT2D eigenvalue weighted by Crippen LogP contribution is -2.48. The second-order valence-electron chi connectivity index (χ2n) is 4.15. The Morgan fingerprint density at radius 1 is 1.60 bits per heavy atom. The fourth-order valence-electron chi connectivity index (χ4n) is 2.23. The van der Waals surface area contributed by atoms with Crippen LogP contribution in [-0.4, -0.2) is 29.4 Å². The van der Waals surface area contributed by atoms with Gasteiger partial charge in [-0.3, -0.25) is 4.79 Å². The maximum Gasteiger partial charge on any atom is 0.223 e. The van der Waals surface area contributed by atoms with Crippen LogP contribution >= 0.6 is 0 Å². The van der Waals surface area contributed by atoms with Crippen LogP contribution in [0.4, 0.5) is 0 Å². The van der Waals surface area contributed by atoms with E-state index in [4.69, 9.17) is 0 Å². The molecule has 0 aromatic heterocycles. The molecule has 0 aromatic rings. The molecular formula is C11H18NO3-. The van der Waals surface area contributed by atoms with E-state index in [0.29, 0.717) is 25.3 Å². The zero-order chi connectivity index (χ0) is 11.4. The lowest BCUT2D eigenvalue weighted by atomic mass is 10.0. The number of likely N-dealkylation sites (tertiary alicyclic amines) is 1. The van der Waals surface area contributed by atoms with Gasteiger partial charge in [0.2, 0.25) is 5.91 Å². The van der Waals surface area contributed by atoms with Gasteiger partial charge in [0.15, 0.2) is 0 Å².